The van der Waals surface area contributed by atoms with E-state index in [1.165, 1.54) is 13.2 Å². The van der Waals surface area contributed by atoms with Crippen LogP contribution in [-0.4, -0.2) is 13.7 Å². The molecule has 0 spiro atoms. The monoisotopic (exact) mass is 355 g/mol. The number of aryl methyl sites for hydroxylation is 1. The minimum atomic E-state index is -0.346. The van der Waals surface area contributed by atoms with Gasteiger partial charge in [-0.05, 0) is 53.5 Å². The quantitative estimate of drug-likeness (QED) is 0.822. The number of rotatable bonds is 6. The maximum absolute atomic E-state index is 13.7. The summed E-state index contributed by atoms with van der Waals surface area (Å²) in [5, 5.41) is 3.43. The summed E-state index contributed by atoms with van der Waals surface area (Å²) in [5.74, 6) is 0.973. The van der Waals surface area contributed by atoms with Gasteiger partial charge in [0.1, 0.15) is 17.3 Å². The zero-order valence-electron chi connectivity index (χ0n) is 12.4. The number of halogens is 2. The molecule has 1 atom stereocenters. The third-order valence-electron chi connectivity index (χ3n) is 3.35. The molecule has 0 aliphatic rings. The number of ether oxygens (including phenoxy) is 1. The van der Waals surface area contributed by atoms with Crippen LogP contribution in [0.15, 0.2) is 33.4 Å². The van der Waals surface area contributed by atoms with Crippen LogP contribution in [0, 0.1) is 12.7 Å². The molecule has 21 heavy (non-hydrogen) atoms. The Kier molecular flexibility index (Phi) is 5.42. The molecule has 0 saturated heterocycles. The van der Waals surface area contributed by atoms with Crippen LogP contribution in [0.25, 0.3) is 0 Å². The zero-order valence-corrected chi connectivity index (χ0v) is 14.0. The first kappa shape index (κ1) is 16.0. The predicted molar refractivity (Wildman–Crippen MR) is 84.2 cm³/mol. The lowest BCUT2D eigenvalue weighted by Crippen LogP contribution is -2.24. The molecule has 3 nitrogen and oxygen atoms in total. The fraction of sp³-hybridized carbons (Fsp3) is 0.375. The summed E-state index contributed by atoms with van der Waals surface area (Å²) < 4.78 is 25.1. The van der Waals surface area contributed by atoms with Crippen molar-refractivity contribution in [1.82, 2.24) is 5.32 Å². The van der Waals surface area contributed by atoms with Crippen molar-refractivity contribution < 1.29 is 13.5 Å². The molecule has 0 radical (unpaired) electrons. The van der Waals surface area contributed by atoms with Crippen molar-refractivity contribution in [2.24, 2.45) is 0 Å². The molecule has 0 fully saturated rings. The van der Waals surface area contributed by atoms with Gasteiger partial charge in [-0.3, -0.25) is 0 Å². The van der Waals surface area contributed by atoms with E-state index < -0.39 is 0 Å². The van der Waals surface area contributed by atoms with Gasteiger partial charge in [0.25, 0.3) is 0 Å². The maximum Gasteiger partial charge on any atom is 0.141 e. The molecule has 2 rings (SSSR count). The van der Waals surface area contributed by atoms with Crippen LogP contribution in [0.1, 0.15) is 36.3 Å². The molecule has 0 bridgehead atoms. The van der Waals surface area contributed by atoms with Gasteiger partial charge in [0.05, 0.1) is 23.9 Å². The van der Waals surface area contributed by atoms with Crippen LogP contribution >= 0.6 is 15.9 Å². The normalized spacial score (nSPS) is 12.4. The van der Waals surface area contributed by atoms with Gasteiger partial charge in [-0.15, -0.1) is 0 Å². The van der Waals surface area contributed by atoms with E-state index in [9.17, 15) is 4.39 Å². The van der Waals surface area contributed by atoms with Crippen molar-refractivity contribution >= 4 is 15.9 Å². The SMILES string of the molecule is CCCNC(c1cc(Br)c(F)cc1OC)c1occc1C. The fourth-order valence-electron chi connectivity index (χ4n) is 2.26. The lowest BCUT2D eigenvalue weighted by molar-refractivity contribution is 0.388. The van der Waals surface area contributed by atoms with Crippen LogP contribution in [0.5, 0.6) is 5.75 Å². The number of nitrogens with one attached hydrogen (secondary N) is 1. The first-order valence-electron chi connectivity index (χ1n) is 6.88. The van der Waals surface area contributed by atoms with Crippen LogP contribution in [0.4, 0.5) is 4.39 Å². The largest absolute Gasteiger partial charge is 0.496 e. The Morgan fingerprint density at radius 2 is 2.19 bits per heavy atom. The molecule has 114 valence electrons. The second kappa shape index (κ2) is 7.09. The highest BCUT2D eigenvalue weighted by Gasteiger charge is 2.23. The van der Waals surface area contributed by atoms with E-state index in [4.69, 9.17) is 9.15 Å². The number of furan rings is 1. The Balaban J connectivity index is 2.51. The van der Waals surface area contributed by atoms with Gasteiger partial charge >= 0.3 is 0 Å². The van der Waals surface area contributed by atoms with E-state index in [0.29, 0.717) is 10.2 Å². The molecule has 5 heteroatoms. The van der Waals surface area contributed by atoms with Crippen LogP contribution < -0.4 is 10.1 Å². The lowest BCUT2D eigenvalue weighted by atomic mass is 10.0. The highest BCUT2D eigenvalue weighted by atomic mass is 79.9. The highest BCUT2D eigenvalue weighted by Crippen LogP contribution is 2.35. The Morgan fingerprint density at radius 1 is 1.43 bits per heavy atom. The van der Waals surface area contributed by atoms with Gasteiger partial charge < -0.3 is 14.5 Å². The van der Waals surface area contributed by atoms with E-state index in [2.05, 4.69) is 28.2 Å². The van der Waals surface area contributed by atoms with Crippen LogP contribution in [0.3, 0.4) is 0 Å². The Morgan fingerprint density at radius 3 is 2.76 bits per heavy atom. The number of methoxy groups -OCH3 is 1. The summed E-state index contributed by atoms with van der Waals surface area (Å²) in [6.45, 7) is 4.91. The summed E-state index contributed by atoms with van der Waals surface area (Å²) >= 11 is 3.24. The molecular formula is C16H19BrFNO2. The fourth-order valence-corrected chi connectivity index (χ4v) is 2.62. The van der Waals surface area contributed by atoms with Gasteiger partial charge in [0.2, 0.25) is 0 Å². The Labute approximate surface area is 132 Å². The minimum Gasteiger partial charge on any atom is -0.496 e. The maximum atomic E-state index is 13.7. The molecule has 1 aromatic carbocycles. The minimum absolute atomic E-state index is 0.174. The lowest BCUT2D eigenvalue weighted by Gasteiger charge is -2.21. The Bertz CT molecular complexity index is 612. The highest BCUT2D eigenvalue weighted by molar-refractivity contribution is 9.10. The van der Waals surface area contributed by atoms with E-state index >= 15 is 0 Å². The number of hydrogen-bond donors (Lipinski definition) is 1. The summed E-state index contributed by atoms with van der Waals surface area (Å²) in [5.41, 5.74) is 1.89. The molecule has 2 aromatic rings. The molecule has 1 N–H and O–H groups in total. The molecule has 0 saturated carbocycles. The zero-order chi connectivity index (χ0) is 15.4. The molecule has 0 aliphatic carbocycles. The van der Waals surface area contributed by atoms with Crippen molar-refractivity contribution in [3.63, 3.8) is 0 Å². The average Bonchev–Trinajstić information content (AvgIpc) is 2.89. The summed E-state index contributed by atoms with van der Waals surface area (Å²) in [6.07, 6.45) is 2.65. The first-order chi connectivity index (χ1) is 10.1. The third-order valence-corrected chi connectivity index (χ3v) is 3.95. The van der Waals surface area contributed by atoms with Gasteiger partial charge in [-0.1, -0.05) is 6.92 Å². The third kappa shape index (κ3) is 3.47. The topological polar surface area (TPSA) is 34.4 Å². The van der Waals surface area contributed by atoms with Crippen LogP contribution in [-0.2, 0) is 0 Å². The second-order valence-electron chi connectivity index (χ2n) is 4.86. The molecule has 0 aliphatic heterocycles. The van der Waals surface area contributed by atoms with Gasteiger partial charge in [0, 0.05) is 11.6 Å². The first-order valence-corrected chi connectivity index (χ1v) is 7.68. The standard InChI is InChI=1S/C16H19BrFNO2/c1-4-6-19-15(16-10(2)5-7-21-16)11-8-12(17)13(18)9-14(11)20-3/h5,7-9,15,19H,4,6H2,1-3H3. The van der Waals surface area contributed by atoms with Crippen molar-refractivity contribution in [2.75, 3.05) is 13.7 Å². The van der Waals surface area contributed by atoms with Crippen molar-refractivity contribution in [1.29, 1.82) is 0 Å². The summed E-state index contributed by atoms with van der Waals surface area (Å²) in [4.78, 5) is 0. The van der Waals surface area contributed by atoms with E-state index in [1.54, 1.807) is 12.3 Å². The van der Waals surface area contributed by atoms with Crippen molar-refractivity contribution in [3.05, 3.63) is 51.6 Å². The summed E-state index contributed by atoms with van der Waals surface area (Å²) in [7, 11) is 1.54. The molecular weight excluding hydrogens is 337 g/mol. The van der Waals surface area contributed by atoms with Crippen LogP contribution in [0.2, 0.25) is 0 Å². The van der Waals surface area contributed by atoms with E-state index in [1.807, 2.05) is 13.0 Å². The number of hydrogen-bond acceptors (Lipinski definition) is 3. The number of benzene rings is 1. The predicted octanol–water partition coefficient (Wildman–Crippen LogP) is 4.59. The second-order valence-corrected chi connectivity index (χ2v) is 5.72. The summed E-state index contributed by atoms with van der Waals surface area (Å²) in [6, 6.07) is 4.87. The average molecular weight is 356 g/mol. The molecule has 0 amide bonds. The van der Waals surface area contributed by atoms with E-state index in [0.717, 1.165) is 29.9 Å². The van der Waals surface area contributed by atoms with Gasteiger partial charge in [-0.25, -0.2) is 4.39 Å². The molecule has 1 aromatic heterocycles. The molecule has 1 heterocycles. The van der Waals surface area contributed by atoms with E-state index in [-0.39, 0.29) is 11.9 Å². The van der Waals surface area contributed by atoms with Crippen molar-refractivity contribution in [2.45, 2.75) is 26.3 Å². The van der Waals surface area contributed by atoms with Gasteiger partial charge in [0.15, 0.2) is 0 Å². The van der Waals surface area contributed by atoms with Crippen molar-refractivity contribution in [3.8, 4) is 5.75 Å². The smallest absolute Gasteiger partial charge is 0.141 e. The van der Waals surface area contributed by atoms with Gasteiger partial charge in [-0.2, -0.15) is 0 Å². The molecule has 1 unspecified atom stereocenters. The Hall–Kier alpha value is -1.33.